The predicted octanol–water partition coefficient (Wildman–Crippen LogP) is 4.53. The largest absolute Gasteiger partial charge is 0.340 e. The van der Waals surface area contributed by atoms with Crippen LogP contribution in [0.5, 0.6) is 0 Å². The molecule has 3 aliphatic carbocycles. The van der Waals surface area contributed by atoms with Gasteiger partial charge in [-0.2, -0.15) is 5.10 Å². The van der Waals surface area contributed by atoms with Crippen molar-refractivity contribution in [2.75, 3.05) is 0 Å². The number of benzene rings is 1. The molecule has 1 aromatic carbocycles. The Morgan fingerprint density at radius 3 is 2.83 bits per heavy atom. The van der Waals surface area contributed by atoms with Gasteiger partial charge in [0.2, 0.25) is 0 Å². The van der Waals surface area contributed by atoms with Crippen LogP contribution in [0.25, 0.3) is 5.69 Å². The Morgan fingerprint density at radius 1 is 1.27 bits per heavy atom. The van der Waals surface area contributed by atoms with Gasteiger partial charge in [-0.05, 0) is 68.4 Å². The number of hydrogen-bond acceptors (Lipinski definition) is 3. The minimum absolute atomic E-state index is 0.171. The highest BCUT2D eigenvalue weighted by Crippen LogP contribution is 2.57. The van der Waals surface area contributed by atoms with Gasteiger partial charge in [0.25, 0.3) is 5.91 Å². The lowest BCUT2D eigenvalue weighted by molar-refractivity contribution is 0.0810. The molecule has 2 atom stereocenters. The first-order valence-electron chi connectivity index (χ1n) is 10.4. The van der Waals surface area contributed by atoms with Crippen LogP contribution in [0.1, 0.15) is 59.0 Å². The van der Waals surface area contributed by atoms with Crippen LogP contribution in [0, 0.1) is 11.7 Å². The molecule has 2 fully saturated rings. The Labute approximate surface area is 178 Å². The predicted molar refractivity (Wildman–Crippen MR) is 110 cm³/mol. The molecule has 1 N–H and O–H groups in total. The van der Waals surface area contributed by atoms with Gasteiger partial charge in [0.1, 0.15) is 5.82 Å². The Bertz CT molecular complexity index is 1170. The van der Waals surface area contributed by atoms with Gasteiger partial charge in [-0.3, -0.25) is 9.78 Å². The maximum atomic E-state index is 13.6. The second-order valence-corrected chi connectivity index (χ2v) is 9.04. The summed E-state index contributed by atoms with van der Waals surface area (Å²) in [5.74, 6) is 0.416. The van der Waals surface area contributed by atoms with E-state index in [2.05, 4.69) is 15.4 Å². The zero-order chi connectivity index (χ0) is 20.5. The summed E-state index contributed by atoms with van der Waals surface area (Å²) >= 11 is 6.32. The monoisotopic (exact) mass is 422 g/mol. The van der Waals surface area contributed by atoms with Crippen LogP contribution in [-0.4, -0.2) is 20.7 Å². The zero-order valence-corrected chi connectivity index (χ0v) is 17.0. The van der Waals surface area contributed by atoms with E-state index >= 15 is 0 Å². The van der Waals surface area contributed by atoms with E-state index in [1.165, 1.54) is 12.1 Å². The number of nitrogens with one attached hydrogen (secondary N) is 1. The summed E-state index contributed by atoms with van der Waals surface area (Å²) in [4.78, 5) is 17.9. The normalized spacial score (nSPS) is 22.7. The van der Waals surface area contributed by atoms with E-state index in [0.717, 1.165) is 49.1 Å². The number of amides is 1. The van der Waals surface area contributed by atoms with Gasteiger partial charge >= 0.3 is 0 Å². The van der Waals surface area contributed by atoms with Crippen molar-refractivity contribution in [2.24, 2.45) is 5.92 Å². The summed E-state index contributed by atoms with van der Waals surface area (Å²) in [6, 6.07) is 10.1. The van der Waals surface area contributed by atoms with Crippen LogP contribution in [0.15, 0.2) is 42.6 Å². The van der Waals surface area contributed by atoms with Crippen LogP contribution in [-0.2, 0) is 12.0 Å². The molecule has 2 heterocycles. The number of fused-ring (bicyclic) bond motifs is 3. The average Bonchev–Trinajstić information content (AvgIpc) is 3.21. The number of hydrogen-bond donors (Lipinski definition) is 1. The summed E-state index contributed by atoms with van der Waals surface area (Å²) < 4.78 is 15.3. The first-order chi connectivity index (χ1) is 14.6. The molecule has 2 saturated carbocycles. The molecule has 0 aliphatic heterocycles. The lowest BCUT2D eigenvalue weighted by Crippen LogP contribution is -2.51. The molecule has 3 aromatic rings. The molecule has 7 heteroatoms. The lowest BCUT2D eigenvalue weighted by atomic mass is 9.74. The number of aromatic nitrogens is 3. The fourth-order valence-electron chi connectivity index (χ4n) is 5.03. The van der Waals surface area contributed by atoms with Crippen molar-refractivity contribution in [3.63, 3.8) is 0 Å². The first-order valence-corrected chi connectivity index (χ1v) is 10.7. The first kappa shape index (κ1) is 18.1. The summed E-state index contributed by atoms with van der Waals surface area (Å²) in [6.07, 6.45) is 6.52. The van der Waals surface area contributed by atoms with Crippen LogP contribution in [0.4, 0.5) is 4.39 Å². The molecule has 3 aliphatic rings. The second-order valence-electron chi connectivity index (χ2n) is 8.63. The fraction of sp³-hybridized carbons (Fsp3) is 0.348. The Balaban J connectivity index is 1.39. The third kappa shape index (κ3) is 2.63. The van der Waals surface area contributed by atoms with E-state index < -0.39 is 11.4 Å². The van der Waals surface area contributed by atoms with Crippen LogP contribution in [0.2, 0.25) is 5.02 Å². The van der Waals surface area contributed by atoms with E-state index in [4.69, 9.17) is 11.6 Å². The number of nitrogens with zero attached hydrogens (tertiary/aromatic N) is 3. The standard InChI is InChI=1S/C23H20ClFN4O/c24-17-12-14(25)5-6-18(17)29-21-15-10-13(15)11-16(21)20(28-29)22(30)27-23(7-3-8-23)19-4-1-2-9-26-19/h1-2,4-6,9,12-13,15H,3,7-8,10-11H2,(H,27,30)/t13-,15-/m1/s1. The van der Waals surface area contributed by atoms with Gasteiger partial charge in [-0.25, -0.2) is 9.07 Å². The minimum Gasteiger partial charge on any atom is -0.340 e. The molecule has 6 rings (SSSR count). The molecular formula is C23H20ClFN4O. The highest BCUT2D eigenvalue weighted by Gasteiger charge is 2.51. The summed E-state index contributed by atoms with van der Waals surface area (Å²) in [6.45, 7) is 0. The quantitative estimate of drug-likeness (QED) is 0.672. The molecule has 5 nitrogen and oxygen atoms in total. The van der Waals surface area contributed by atoms with Crippen LogP contribution >= 0.6 is 11.6 Å². The van der Waals surface area contributed by atoms with Crippen molar-refractivity contribution in [1.29, 1.82) is 0 Å². The van der Waals surface area contributed by atoms with E-state index in [0.29, 0.717) is 28.2 Å². The average molecular weight is 423 g/mol. The molecule has 0 spiro atoms. The Kier molecular flexibility index (Phi) is 3.84. The van der Waals surface area contributed by atoms with E-state index in [-0.39, 0.29) is 5.91 Å². The molecule has 0 radical (unpaired) electrons. The number of carbonyl (C=O) groups is 1. The molecule has 1 amide bonds. The van der Waals surface area contributed by atoms with Gasteiger partial charge in [0.05, 0.1) is 27.6 Å². The Hall–Kier alpha value is -2.73. The van der Waals surface area contributed by atoms with E-state index in [1.807, 2.05) is 18.2 Å². The van der Waals surface area contributed by atoms with Gasteiger partial charge in [-0.15, -0.1) is 0 Å². The summed E-state index contributed by atoms with van der Waals surface area (Å²) in [5.41, 5.74) is 3.60. The Morgan fingerprint density at radius 2 is 2.13 bits per heavy atom. The maximum Gasteiger partial charge on any atom is 0.272 e. The highest BCUT2D eigenvalue weighted by molar-refractivity contribution is 6.32. The summed E-state index contributed by atoms with van der Waals surface area (Å²) in [7, 11) is 0. The SMILES string of the molecule is O=C(NC1(c2ccccn2)CCC1)c1nn(-c2ccc(F)cc2Cl)c2c1C[C@H]1C[C@@H]21. The third-order valence-corrected chi connectivity index (χ3v) is 7.13. The molecule has 2 aromatic heterocycles. The zero-order valence-electron chi connectivity index (χ0n) is 16.2. The number of carbonyl (C=O) groups excluding carboxylic acids is 1. The van der Waals surface area contributed by atoms with Crippen molar-refractivity contribution in [3.8, 4) is 5.69 Å². The van der Waals surface area contributed by atoms with Gasteiger partial charge < -0.3 is 5.32 Å². The maximum absolute atomic E-state index is 13.6. The van der Waals surface area contributed by atoms with Crippen molar-refractivity contribution in [3.05, 3.63) is 76.1 Å². The molecule has 0 saturated heterocycles. The van der Waals surface area contributed by atoms with E-state index in [1.54, 1.807) is 16.9 Å². The van der Waals surface area contributed by atoms with E-state index in [9.17, 15) is 9.18 Å². The summed E-state index contributed by atoms with van der Waals surface area (Å²) in [5, 5.41) is 8.22. The topological polar surface area (TPSA) is 59.8 Å². The number of rotatable bonds is 4. The fourth-order valence-corrected chi connectivity index (χ4v) is 5.28. The van der Waals surface area contributed by atoms with Crippen LogP contribution < -0.4 is 5.32 Å². The van der Waals surface area contributed by atoms with Crippen molar-refractivity contribution in [1.82, 2.24) is 20.1 Å². The van der Waals surface area contributed by atoms with Gasteiger partial charge in [0, 0.05) is 17.7 Å². The third-order valence-electron chi connectivity index (χ3n) is 6.83. The van der Waals surface area contributed by atoms with Crippen molar-refractivity contribution < 1.29 is 9.18 Å². The highest BCUT2D eigenvalue weighted by atomic mass is 35.5. The minimum atomic E-state index is -0.427. The molecule has 0 unspecified atom stereocenters. The lowest BCUT2D eigenvalue weighted by Gasteiger charge is -2.41. The number of halogens is 2. The number of pyridine rings is 1. The molecule has 30 heavy (non-hydrogen) atoms. The molecular weight excluding hydrogens is 403 g/mol. The van der Waals surface area contributed by atoms with Crippen molar-refractivity contribution in [2.45, 2.75) is 43.6 Å². The van der Waals surface area contributed by atoms with Gasteiger partial charge in [-0.1, -0.05) is 17.7 Å². The smallest absolute Gasteiger partial charge is 0.272 e. The molecule has 152 valence electrons. The van der Waals surface area contributed by atoms with Crippen molar-refractivity contribution >= 4 is 17.5 Å². The van der Waals surface area contributed by atoms with Crippen LogP contribution in [0.3, 0.4) is 0 Å². The second kappa shape index (κ2) is 6.38. The molecule has 0 bridgehead atoms. The van der Waals surface area contributed by atoms with Gasteiger partial charge in [0.15, 0.2) is 5.69 Å².